The molecule has 0 aromatic heterocycles. The summed E-state index contributed by atoms with van der Waals surface area (Å²) in [4.78, 5) is 5.00. The highest BCUT2D eigenvalue weighted by molar-refractivity contribution is 5.18. The first-order valence-corrected chi connectivity index (χ1v) is 5.85. The number of hydroxylamine groups is 2. The first-order valence-electron chi connectivity index (χ1n) is 5.85. The third kappa shape index (κ3) is 5.26. The lowest BCUT2D eigenvalue weighted by molar-refractivity contribution is -0.107. The summed E-state index contributed by atoms with van der Waals surface area (Å²) in [5.41, 5.74) is 0.757. The minimum atomic E-state index is -0.129. The third-order valence-electron chi connectivity index (χ3n) is 2.72. The molecule has 0 heterocycles. The van der Waals surface area contributed by atoms with Crippen molar-refractivity contribution in [2.75, 3.05) is 27.2 Å². The van der Waals surface area contributed by atoms with Crippen LogP contribution in [0.4, 0.5) is 4.39 Å². The molecule has 1 aromatic rings. The number of nitrogens with one attached hydrogen (secondary N) is 1. The molecule has 1 unspecified atom stereocenters. The average Bonchev–Trinajstić information content (AvgIpc) is 2.32. The first kappa shape index (κ1) is 14.1. The van der Waals surface area contributed by atoms with E-state index in [2.05, 4.69) is 12.2 Å². The molecular weight excluding hydrogens is 219 g/mol. The smallest absolute Gasteiger partial charge is 0.126 e. The molecule has 0 aliphatic rings. The van der Waals surface area contributed by atoms with E-state index in [-0.39, 0.29) is 11.9 Å². The molecule has 3 nitrogen and oxygen atoms in total. The molecule has 0 saturated carbocycles. The van der Waals surface area contributed by atoms with Crippen LogP contribution in [0.3, 0.4) is 0 Å². The fourth-order valence-corrected chi connectivity index (χ4v) is 1.63. The molecule has 1 N–H and O–H groups in total. The number of hydrogen-bond acceptors (Lipinski definition) is 3. The van der Waals surface area contributed by atoms with Gasteiger partial charge in [-0.2, -0.15) is 5.06 Å². The zero-order valence-corrected chi connectivity index (χ0v) is 10.7. The van der Waals surface area contributed by atoms with Crippen LogP contribution in [0.2, 0.25) is 0 Å². The number of rotatable bonds is 7. The van der Waals surface area contributed by atoms with Gasteiger partial charge in [-0.05, 0) is 25.0 Å². The Bertz CT molecular complexity index is 333. The van der Waals surface area contributed by atoms with Gasteiger partial charge in [0, 0.05) is 26.2 Å². The van der Waals surface area contributed by atoms with Crippen molar-refractivity contribution in [1.29, 1.82) is 0 Å². The predicted octanol–water partition coefficient (Wildman–Crippen LogP) is 1.84. The molecule has 0 aliphatic carbocycles. The zero-order chi connectivity index (χ0) is 12.7. The second-order valence-electron chi connectivity index (χ2n) is 4.18. The highest BCUT2D eigenvalue weighted by Crippen LogP contribution is 2.08. The fourth-order valence-electron chi connectivity index (χ4n) is 1.63. The van der Waals surface area contributed by atoms with Gasteiger partial charge in [-0.15, -0.1) is 0 Å². The van der Waals surface area contributed by atoms with Crippen LogP contribution in [0, 0.1) is 5.82 Å². The highest BCUT2D eigenvalue weighted by atomic mass is 19.1. The van der Waals surface area contributed by atoms with E-state index >= 15 is 0 Å². The molecule has 0 radical (unpaired) electrons. The van der Waals surface area contributed by atoms with Gasteiger partial charge in [0.15, 0.2) is 0 Å². The van der Waals surface area contributed by atoms with Gasteiger partial charge in [-0.1, -0.05) is 18.2 Å². The second-order valence-corrected chi connectivity index (χ2v) is 4.18. The van der Waals surface area contributed by atoms with Crippen LogP contribution < -0.4 is 5.32 Å². The summed E-state index contributed by atoms with van der Waals surface area (Å²) in [7, 11) is 3.52. The molecule has 0 fully saturated rings. The van der Waals surface area contributed by atoms with Crippen molar-refractivity contribution < 1.29 is 9.23 Å². The van der Waals surface area contributed by atoms with Crippen LogP contribution in [0.15, 0.2) is 24.3 Å². The second kappa shape index (κ2) is 7.37. The maximum atomic E-state index is 13.4. The molecule has 1 atom stereocenters. The first-order chi connectivity index (χ1) is 8.13. The molecule has 0 amide bonds. The van der Waals surface area contributed by atoms with E-state index in [0.717, 1.165) is 18.7 Å². The van der Waals surface area contributed by atoms with Crippen LogP contribution >= 0.6 is 0 Å². The number of halogens is 1. The Morgan fingerprint density at radius 2 is 2.12 bits per heavy atom. The zero-order valence-electron chi connectivity index (χ0n) is 10.7. The highest BCUT2D eigenvalue weighted by Gasteiger charge is 2.06. The van der Waals surface area contributed by atoms with Crippen molar-refractivity contribution in [2.24, 2.45) is 0 Å². The normalized spacial score (nSPS) is 13.0. The summed E-state index contributed by atoms with van der Waals surface area (Å²) in [6.07, 6.45) is 0.698. The van der Waals surface area contributed by atoms with Gasteiger partial charge in [0.05, 0.1) is 7.11 Å². The summed E-state index contributed by atoms with van der Waals surface area (Å²) in [6, 6.07) is 7.15. The Labute approximate surface area is 103 Å². The summed E-state index contributed by atoms with van der Waals surface area (Å²) in [5.74, 6) is -0.129. The summed E-state index contributed by atoms with van der Waals surface area (Å²) in [5, 5.41) is 5.09. The Morgan fingerprint density at radius 3 is 2.76 bits per heavy atom. The van der Waals surface area contributed by atoms with E-state index in [4.69, 9.17) is 4.84 Å². The van der Waals surface area contributed by atoms with Gasteiger partial charge in [0.2, 0.25) is 0 Å². The Balaban J connectivity index is 2.30. The Kier molecular flexibility index (Phi) is 6.11. The van der Waals surface area contributed by atoms with E-state index in [9.17, 15) is 4.39 Å². The molecule has 0 saturated heterocycles. The van der Waals surface area contributed by atoms with Crippen molar-refractivity contribution in [3.05, 3.63) is 35.6 Å². The largest absolute Gasteiger partial charge is 0.313 e. The quantitative estimate of drug-likeness (QED) is 0.736. The summed E-state index contributed by atoms with van der Waals surface area (Å²) < 4.78 is 13.4. The standard InChI is InChI=1S/C13H21FN2O/c1-11(15-8-9-16(2)17-3)10-12-6-4-5-7-13(12)14/h4-7,11,15H,8-10H2,1-3H3. The lowest BCUT2D eigenvalue weighted by Gasteiger charge is -2.17. The maximum Gasteiger partial charge on any atom is 0.126 e. The molecule has 4 heteroatoms. The molecule has 0 aliphatic heterocycles. The van der Waals surface area contributed by atoms with Crippen LogP contribution in [0.25, 0.3) is 0 Å². The van der Waals surface area contributed by atoms with Crippen molar-refractivity contribution in [2.45, 2.75) is 19.4 Å². The lowest BCUT2D eigenvalue weighted by Crippen LogP contribution is -2.35. The molecular formula is C13H21FN2O. The third-order valence-corrected chi connectivity index (χ3v) is 2.72. The number of nitrogens with zero attached hydrogens (tertiary/aromatic N) is 1. The number of likely N-dealkylation sites (N-methyl/N-ethyl adjacent to an activating group) is 1. The van der Waals surface area contributed by atoms with Gasteiger partial charge < -0.3 is 10.2 Å². The van der Waals surface area contributed by atoms with Gasteiger partial charge in [-0.3, -0.25) is 0 Å². The van der Waals surface area contributed by atoms with E-state index in [1.54, 1.807) is 18.2 Å². The number of benzene rings is 1. The van der Waals surface area contributed by atoms with E-state index in [1.165, 1.54) is 6.07 Å². The van der Waals surface area contributed by atoms with Gasteiger partial charge in [-0.25, -0.2) is 4.39 Å². The molecule has 96 valence electrons. The molecule has 0 spiro atoms. The maximum absolute atomic E-state index is 13.4. The van der Waals surface area contributed by atoms with E-state index < -0.39 is 0 Å². The van der Waals surface area contributed by atoms with Crippen LogP contribution in [0.5, 0.6) is 0 Å². The summed E-state index contributed by atoms with van der Waals surface area (Å²) in [6.45, 7) is 3.68. The van der Waals surface area contributed by atoms with Crippen LogP contribution in [-0.4, -0.2) is 38.4 Å². The average molecular weight is 240 g/mol. The SMILES string of the molecule is CON(C)CCNC(C)Cc1ccccc1F. The number of hydrogen-bond donors (Lipinski definition) is 1. The van der Waals surface area contributed by atoms with Gasteiger partial charge in [0.25, 0.3) is 0 Å². The van der Waals surface area contributed by atoms with Crippen LogP contribution in [0.1, 0.15) is 12.5 Å². The minimum absolute atomic E-state index is 0.129. The van der Waals surface area contributed by atoms with E-state index in [0.29, 0.717) is 6.42 Å². The van der Waals surface area contributed by atoms with E-state index in [1.807, 2.05) is 19.2 Å². The van der Waals surface area contributed by atoms with Gasteiger partial charge in [0.1, 0.15) is 5.82 Å². The Morgan fingerprint density at radius 1 is 1.41 bits per heavy atom. The van der Waals surface area contributed by atoms with Gasteiger partial charge >= 0.3 is 0 Å². The molecule has 17 heavy (non-hydrogen) atoms. The molecule has 1 rings (SSSR count). The topological polar surface area (TPSA) is 24.5 Å². The lowest BCUT2D eigenvalue weighted by atomic mass is 10.1. The van der Waals surface area contributed by atoms with Crippen LogP contribution in [-0.2, 0) is 11.3 Å². The van der Waals surface area contributed by atoms with Crippen molar-refractivity contribution in [3.8, 4) is 0 Å². The summed E-state index contributed by atoms with van der Waals surface area (Å²) >= 11 is 0. The molecule has 0 bridgehead atoms. The monoisotopic (exact) mass is 240 g/mol. The van der Waals surface area contributed by atoms with Crippen molar-refractivity contribution >= 4 is 0 Å². The molecule has 1 aromatic carbocycles. The fraction of sp³-hybridized carbons (Fsp3) is 0.538. The minimum Gasteiger partial charge on any atom is -0.313 e. The van der Waals surface area contributed by atoms with Crippen molar-refractivity contribution in [1.82, 2.24) is 10.4 Å². The predicted molar refractivity (Wildman–Crippen MR) is 67.2 cm³/mol. The Hall–Kier alpha value is -0.970. The van der Waals surface area contributed by atoms with Crippen molar-refractivity contribution in [3.63, 3.8) is 0 Å².